The normalized spacial score (nSPS) is 12.4. The highest BCUT2D eigenvalue weighted by molar-refractivity contribution is 6.14. The van der Waals surface area contributed by atoms with E-state index in [2.05, 4.69) is 9.69 Å². The van der Waals surface area contributed by atoms with Gasteiger partial charge < -0.3 is 9.13 Å². The molecule has 16 heteroatoms. The van der Waals surface area contributed by atoms with Gasteiger partial charge in [0.05, 0.1) is 68.8 Å². The summed E-state index contributed by atoms with van der Waals surface area (Å²) in [5.74, 6) is 0. The maximum atomic E-state index is 15.4. The van der Waals surface area contributed by atoms with Gasteiger partial charge in [0.2, 0.25) is 0 Å². The van der Waals surface area contributed by atoms with Crippen LogP contribution in [0.5, 0.6) is 0 Å². The van der Waals surface area contributed by atoms with E-state index in [1.165, 1.54) is 32.0 Å². The van der Waals surface area contributed by atoms with Crippen molar-refractivity contribution in [1.82, 2.24) is 9.13 Å². The van der Waals surface area contributed by atoms with Crippen molar-refractivity contribution in [2.45, 2.75) is 59.3 Å². The Kier molecular flexibility index (Phi) is 13.6. The minimum absolute atomic E-state index is 0.116. The molecule has 0 unspecified atom stereocenters. The molecular formula is C71H44F12N4. The van der Waals surface area contributed by atoms with Gasteiger partial charge in [0.25, 0.3) is 0 Å². The molecule has 0 aliphatic carbocycles. The zero-order valence-electron chi connectivity index (χ0n) is 46.6. The number of halogens is 12. The smallest absolute Gasteiger partial charge is 0.308 e. The van der Waals surface area contributed by atoms with Gasteiger partial charge in [-0.15, -0.1) is 0 Å². The van der Waals surface area contributed by atoms with Gasteiger partial charge in [-0.3, -0.25) is 0 Å². The summed E-state index contributed by atoms with van der Waals surface area (Å²) in [6, 6.07) is 43.3. The average molecular weight is 1180 g/mol. The molecule has 12 aromatic rings. The highest BCUT2D eigenvalue weighted by atomic mass is 19.4. The van der Waals surface area contributed by atoms with Crippen molar-refractivity contribution in [1.29, 1.82) is 0 Å². The fraction of sp³-hybridized carbons (Fsp3) is 0.127. The Hall–Kier alpha value is -10.1. The topological polar surface area (TPSA) is 18.6 Å². The first-order valence-corrected chi connectivity index (χ1v) is 27.0. The van der Waals surface area contributed by atoms with Crippen LogP contribution in [-0.2, 0) is 24.7 Å². The van der Waals surface area contributed by atoms with Gasteiger partial charge in [0, 0.05) is 21.5 Å². The summed E-state index contributed by atoms with van der Waals surface area (Å²) in [7, 11) is 0. The fourth-order valence-electron chi connectivity index (χ4n) is 12.1. The van der Waals surface area contributed by atoms with Crippen molar-refractivity contribution < 1.29 is 52.7 Å². The highest BCUT2D eigenvalue weighted by Gasteiger charge is 2.37. The van der Waals surface area contributed by atoms with E-state index in [1.807, 2.05) is 50.2 Å². The molecule has 4 nitrogen and oxygen atoms in total. The van der Waals surface area contributed by atoms with E-state index in [9.17, 15) is 39.5 Å². The second kappa shape index (κ2) is 20.6. The zero-order chi connectivity index (χ0) is 62.0. The number of fused-ring (bicyclic) bond motifs is 6. The molecule has 0 atom stereocenters. The van der Waals surface area contributed by atoms with Crippen LogP contribution in [0.2, 0.25) is 0 Å². The number of hydrogen-bond donors (Lipinski definition) is 0. The Morgan fingerprint density at radius 2 is 0.632 bits per heavy atom. The molecule has 0 saturated heterocycles. The van der Waals surface area contributed by atoms with Crippen LogP contribution in [0.15, 0.2) is 176 Å². The minimum atomic E-state index is -5.05. The molecule has 0 bridgehead atoms. The zero-order valence-corrected chi connectivity index (χ0v) is 46.6. The van der Waals surface area contributed by atoms with Crippen LogP contribution in [0.4, 0.5) is 64.1 Å². The van der Waals surface area contributed by atoms with E-state index in [0.29, 0.717) is 77.0 Å². The Balaban J connectivity index is 1.24. The summed E-state index contributed by atoms with van der Waals surface area (Å²) >= 11 is 0. The van der Waals surface area contributed by atoms with Crippen LogP contribution in [0.1, 0.15) is 50.1 Å². The third-order valence-corrected chi connectivity index (χ3v) is 15.7. The Morgan fingerprint density at radius 3 is 0.954 bits per heavy atom. The number of benzene rings is 10. The van der Waals surface area contributed by atoms with E-state index in [-0.39, 0.29) is 39.3 Å². The van der Waals surface area contributed by atoms with Crippen LogP contribution in [0, 0.1) is 47.8 Å². The van der Waals surface area contributed by atoms with Gasteiger partial charge in [-0.05, 0) is 204 Å². The Bertz CT molecular complexity index is 4820. The lowest BCUT2D eigenvalue weighted by molar-refractivity contribution is -0.138. The van der Waals surface area contributed by atoms with Crippen molar-refractivity contribution in [2.24, 2.45) is 0 Å². The van der Waals surface area contributed by atoms with Gasteiger partial charge in [-0.25, -0.2) is 9.69 Å². The number of aryl methyl sites for hydroxylation is 5. The fourth-order valence-corrected chi connectivity index (χ4v) is 12.1. The number of nitrogens with zero attached hydrogens (tertiary/aromatic N) is 4. The van der Waals surface area contributed by atoms with Crippen molar-refractivity contribution >= 4 is 55.0 Å². The van der Waals surface area contributed by atoms with Crippen LogP contribution >= 0.6 is 0 Å². The summed E-state index contributed by atoms with van der Waals surface area (Å²) in [6.07, 6.45) is -19.2. The number of rotatable bonds is 7. The SMILES string of the molecule is [C-]#[N+]c1cc(-n2c3ccc(-c4cc(C)cc(C)c4)cc3c3cc(-c4cc(C)cc(C(F)(F)F)c4)ccc32)c(-n2c3ccc(-c4cc(C)cc(C(F)(F)F)c4)cc3c3cc(-c4cc(C)cc(C(F)(F)F)c4)ccc32)cc1-c1c([N+]#[C-])cccc1C(F)(F)F. The maximum absolute atomic E-state index is 15.4. The maximum Gasteiger partial charge on any atom is 0.416 e. The van der Waals surface area contributed by atoms with Gasteiger partial charge in [0.15, 0.2) is 11.4 Å². The van der Waals surface area contributed by atoms with E-state index < -0.39 is 58.2 Å². The summed E-state index contributed by atoms with van der Waals surface area (Å²) in [6.45, 7) is 25.3. The molecule has 10 aromatic carbocycles. The summed E-state index contributed by atoms with van der Waals surface area (Å²) < 4.78 is 180. The minimum Gasteiger partial charge on any atom is -0.308 e. The second-order valence-electron chi connectivity index (χ2n) is 22.0. The molecule has 0 radical (unpaired) electrons. The Morgan fingerprint density at radius 1 is 0.310 bits per heavy atom. The van der Waals surface area contributed by atoms with Crippen molar-refractivity contribution in [3.63, 3.8) is 0 Å². The van der Waals surface area contributed by atoms with Gasteiger partial charge in [0.1, 0.15) is 0 Å². The lowest BCUT2D eigenvalue weighted by atomic mass is 9.94. The first-order valence-electron chi connectivity index (χ1n) is 27.0. The van der Waals surface area contributed by atoms with E-state index in [4.69, 9.17) is 13.1 Å². The van der Waals surface area contributed by atoms with Crippen LogP contribution in [0.3, 0.4) is 0 Å². The molecular weight excluding hydrogens is 1140 g/mol. The molecule has 0 fully saturated rings. The third-order valence-electron chi connectivity index (χ3n) is 15.7. The lowest BCUT2D eigenvalue weighted by Gasteiger charge is -2.22. The lowest BCUT2D eigenvalue weighted by Crippen LogP contribution is -2.08. The molecule has 2 heterocycles. The molecule has 12 rings (SSSR count). The molecule has 432 valence electrons. The van der Waals surface area contributed by atoms with E-state index >= 15 is 13.2 Å². The molecule has 0 aliphatic rings. The number of alkyl halides is 12. The van der Waals surface area contributed by atoms with Crippen LogP contribution in [-0.4, -0.2) is 9.13 Å². The second-order valence-corrected chi connectivity index (χ2v) is 22.0. The van der Waals surface area contributed by atoms with Crippen molar-refractivity contribution in [3.8, 4) is 67.0 Å². The monoisotopic (exact) mass is 1180 g/mol. The summed E-state index contributed by atoms with van der Waals surface area (Å²) in [5, 5.41) is 1.85. The Labute approximate surface area is 490 Å². The largest absolute Gasteiger partial charge is 0.416 e. The first-order chi connectivity index (χ1) is 41.1. The quantitative estimate of drug-likeness (QED) is 0.112. The third kappa shape index (κ3) is 10.4. The van der Waals surface area contributed by atoms with Crippen LogP contribution in [0.25, 0.3) is 120 Å². The molecule has 0 spiro atoms. The van der Waals surface area contributed by atoms with Gasteiger partial charge >= 0.3 is 24.7 Å². The summed E-state index contributed by atoms with van der Waals surface area (Å²) in [5.41, 5.74) is 2.56. The molecule has 0 amide bonds. The number of aromatic nitrogens is 2. The molecule has 0 N–H and O–H groups in total. The molecule has 0 saturated carbocycles. The molecule has 87 heavy (non-hydrogen) atoms. The average Bonchev–Trinajstić information content (AvgIpc) is 1.62. The number of hydrogen-bond acceptors (Lipinski definition) is 0. The van der Waals surface area contributed by atoms with Gasteiger partial charge in [-0.1, -0.05) is 90.0 Å². The highest BCUT2D eigenvalue weighted by Crippen LogP contribution is 2.51. The molecule has 2 aromatic heterocycles. The van der Waals surface area contributed by atoms with E-state index in [0.717, 1.165) is 70.8 Å². The van der Waals surface area contributed by atoms with Crippen LogP contribution < -0.4 is 0 Å². The standard InChI is InChI=1S/C71H44F12N4/c1-37-19-38(2)21-46(20-37)42-11-15-63-53(31-42)56-34-45(49-24-41(5)27-52(30-49)70(78,79)80)14-18-64(56)87(63)66-36-60(85-7)57(67-58(71(81,82)83)9-8-10-59(67)84-6)35-65(66)86-61-16-12-43(47-22-39(3)25-50(28-47)68(72,73)74)32-54(61)55-33-44(13-17-62(55)86)48-23-40(4)26-51(29-48)69(75,76)77/h8-36H,1-5H3. The van der Waals surface area contributed by atoms with Crippen molar-refractivity contribution in [2.75, 3.05) is 0 Å². The predicted molar refractivity (Wildman–Crippen MR) is 319 cm³/mol. The van der Waals surface area contributed by atoms with E-state index in [1.54, 1.807) is 88.9 Å². The van der Waals surface area contributed by atoms with Gasteiger partial charge in [-0.2, -0.15) is 52.7 Å². The predicted octanol–water partition coefficient (Wildman–Crippen LogP) is 22.9. The first kappa shape index (κ1) is 57.4. The molecule has 0 aliphatic heterocycles. The summed E-state index contributed by atoms with van der Waals surface area (Å²) in [4.78, 5) is 7.35. The van der Waals surface area contributed by atoms with Crippen molar-refractivity contribution in [3.05, 3.63) is 249 Å².